The normalized spacial score (nSPS) is 11.8. The number of benzene rings is 2. The number of anilines is 1. The lowest BCUT2D eigenvalue weighted by molar-refractivity contribution is -0.117. The van der Waals surface area contributed by atoms with E-state index in [1.54, 1.807) is 38.3 Å². The second kappa shape index (κ2) is 9.06. The number of hydrogen-bond acceptors (Lipinski definition) is 5. The standard InChI is InChI=1S/C20H19N3O4/c1-13(14-6-8-18(27-2)9-7-14)23-19(24)16(11-21)12-22-17-5-3-4-15(10-17)20(25)26/h3-10,12-13,22H,1-2H3,(H,23,24)(H,25,26)/b16-12-. The van der Waals surface area contributed by atoms with Crippen molar-refractivity contribution in [2.75, 3.05) is 12.4 Å². The van der Waals surface area contributed by atoms with E-state index in [1.165, 1.54) is 18.3 Å². The van der Waals surface area contributed by atoms with E-state index in [4.69, 9.17) is 9.84 Å². The lowest BCUT2D eigenvalue weighted by Crippen LogP contribution is -2.28. The molecule has 0 saturated carbocycles. The fraction of sp³-hybridized carbons (Fsp3) is 0.150. The molecule has 0 fully saturated rings. The van der Waals surface area contributed by atoms with Gasteiger partial charge in [0.1, 0.15) is 17.4 Å². The van der Waals surface area contributed by atoms with Gasteiger partial charge in [0.25, 0.3) is 5.91 Å². The Kier molecular flexibility index (Phi) is 6.55. The maximum absolute atomic E-state index is 12.3. The minimum atomic E-state index is -1.06. The molecule has 7 nitrogen and oxygen atoms in total. The largest absolute Gasteiger partial charge is 0.497 e. The molecular weight excluding hydrogens is 346 g/mol. The maximum Gasteiger partial charge on any atom is 0.335 e. The van der Waals surface area contributed by atoms with Gasteiger partial charge in [-0.2, -0.15) is 5.26 Å². The van der Waals surface area contributed by atoms with Crippen LogP contribution in [0.5, 0.6) is 5.75 Å². The van der Waals surface area contributed by atoms with Gasteiger partial charge in [-0.15, -0.1) is 0 Å². The van der Waals surface area contributed by atoms with E-state index < -0.39 is 11.9 Å². The molecule has 0 aliphatic rings. The van der Waals surface area contributed by atoms with Gasteiger partial charge in [-0.25, -0.2) is 4.79 Å². The fourth-order valence-corrected chi connectivity index (χ4v) is 2.30. The minimum Gasteiger partial charge on any atom is -0.497 e. The zero-order chi connectivity index (χ0) is 19.8. The number of aromatic carboxylic acids is 1. The Bertz CT molecular complexity index is 898. The molecule has 2 rings (SSSR count). The summed E-state index contributed by atoms with van der Waals surface area (Å²) in [7, 11) is 1.57. The summed E-state index contributed by atoms with van der Waals surface area (Å²) >= 11 is 0. The maximum atomic E-state index is 12.3. The number of carboxylic acids is 1. The van der Waals surface area contributed by atoms with Crippen molar-refractivity contribution >= 4 is 17.6 Å². The molecule has 1 atom stereocenters. The Morgan fingerprint density at radius 3 is 2.52 bits per heavy atom. The van der Waals surface area contributed by atoms with Crippen LogP contribution in [0.1, 0.15) is 28.9 Å². The highest BCUT2D eigenvalue weighted by atomic mass is 16.5. The molecule has 2 aromatic carbocycles. The third-order valence-electron chi connectivity index (χ3n) is 3.82. The Morgan fingerprint density at radius 1 is 1.22 bits per heavy atom. The van der Waals surface area contributed by atoms with Crippen LogP contribution in [0.2, 0.25) is 0 Å². The summed E-state index contributed by atoms with van der Waals surface area (Å²) in [4.78, 5) is 23.3. The van der Waals surface area contributed by atoms with E-state index in [2.05, 4.69) is 10.6 Å². The number of amides is 1. The first-order valence-corrected chi connectivity index (χ1v) is 8.09. The van der Waals surface area contributed by atoms with Crippen molar-refractivity contribution < 1.29 is 19.4 Å². The number of hydrogen-bond donors (Lipinski definition) is 3. The summed E-state index contributed by atoms with van der Waals surface area (Å²) in [6.07, 6.45) is 1.25. The van der Waals surface area contributed by atoms with Crippen molar-refractivity contribution in [2.45, 2.75) is 13.0 Å². The smallest absolute Gasteiger partial charge is 0.335 e. The summed E-state index contributed by atoms with van der Waals surface area (Å²) in [5.41, 5.74) is 1.29. The van der Waals surface area contributed by atoms with Crippen molar-refractivity contribution in [3.8, 4) is 11.8 Å². The first-order chi connectivity index (χ1) is 12.9. The van der Waals surface area contributed by atoms with Crippen LogP contribution >= 0.6 is 0 Å². The van der Waals surface area contributed by atoms with Crippen LogP contribution in [-0.2, 0) is 4.79 Å². The third kappa shape index (κ3) is 5.34. The zero-order valence-electron chi connectivity index (χ0n) is 14.9. The van der Waals surface area contributed by atoms with Gasteiger partial charge in [0.05, 0.1) is 18.7 Å². The van der Waals surface area contributed by atoms with Crippen molar-refractivity contribution in [3.63, 3.8) is 0 Å². The first-order valence-electron chi connectivity index (χ1n) is 8.09. The second-order valence-electron chi connectivity index (χ2n) is 5.67. The molecule has 3 N–H and O–H groups in total. The van der Waals surface area contributed by atoms with Gasteiger partial charge in [0.2, 0.25) is 0 Å². The van der Waals surface area contributed by atoms with E-state index in [0.717, 1.165) is 5.56 Å². The van der Waals surface area contributed by atoms with Crippen LogP contribution in [0.25, 0.3) is 0 Å². The molecule has 1 amide bonds. The second-order valence-corrected chi connectivity index (χ2v) is 5.67. The summed E-state index contributed by atoms with van der Waals surface area (Å²) < 4.78 is 5.10. The molecule has 1 unspecified atom stereocenters. The van der Waals surface area contributed by atoms with Crippen LogP contribution in [0, 0.1) is 11.3 Å². The van der Waals surface area contributed by atoms with E-state index in [9.17, 15) is 14.9 Å². The lowest BCUT2D eigenvalue weighted by Gasteiger charge is -2.14. The number of ether oxygens (including phenoxy) is 1. The quantitative estimate of drug-likeness (QED) is 0.513. The summed E-state index contributed by atoms with van der Waals surface area (Å²) in [5, 5.41) is 23.8. The van der Waals surface area contributed by atoms with Crippen LogP contribution in [0.3, 0.4) is 0 Å². The summed E-state index contributed by atoms with van der Waals surface area (Å²) in [6, 6.07) is 14.8. The highest BCUT2D eigenvalue weighted by Gasteiger charge is 2.14. The van der Waals surface area contributed by atoms with Crippen LogP contribution in [-0.4, -0.2) is 24.1 Å². The molecule has 27 heavy (non-hydrogen) atoms. The van der Waals surface area contributed by atoms with Gasteiger partial charge in [-0.05, 0) is 42.8 Å². The highest BCUT2D eigenvalue weighted by Crippen LogP contribution is 2.18. The van der Waals surface area contributed by atoms with Gasteiger partial charge < -0.3 is 20.5 Å². The van der Waals surface area contributed by atoms with Gasteiger partial charge in [-0.1, -0.05) is 18.2 Å². The average Bonchev–Trinajstić information content (AvgIpc) is 2.68. The number of nitrogens with one attached hydrogen (secondary N) is 2. The highest BCUT2D eigenvalue weighted by molar-refractivity contribution is 5.97. The van der Waals surface area contributed by atoms with E-state index in [0.29, 0.717) is 11.4 Å². The van der Waals surface area contributed by atoms with Gasteiger partial charge in [0.15, 0.2) is 0 Å². The van der Waals surface area contributed by atoms with Crippen molar-refractivity contribution in [3.05, 3.63) is 71.4 Å². The number of carbonyl (C=O) groups is 2. The van der Waals surface area contributed by atoms with E-state index >= 15 is 0 Å². The SMILES string of the molecule is COc1ccc(C(C)NC(=O)/C(C#N)=C\Nc2cccc(C(=O)O)c2)cc1. The number of nitrogens with zero attached hydrogens (tertiary/aromatic N) is 1. The number of carbonyl (C=O) groups excluding carboxylic acids is 1. The Morgan fingerprint density at radius 2 is 1.93 bits per heavy atom. The molecule has 7 heteroatoms. The van der Waals surface area contributed by atoms with Crippen LogP contribution in [0.4, 0.5) is 5.69 Å². The van der Waals surface area contributed by atoms with Crippen molar-refractivity contribution in [2.24, 2.45) is 0 Å². The fourth-order valence-electron chi connectivity index (χ4n) is 2.30. The third-order valence-corrected chi connectivity index (χ3v) is 3.82. The number of methoxy groups -OCH3 is 1. The first kappa shape index (κ1) is 19.5. The van der Waals surface area contributed by atoms with E-state index in [-0.39, 0.29) is 17.2 Å². The Hall–Kier alpha value is -3.79. The van der Waals surface area contributed by atoms with E-state index in [1.807, 2.05) is 18.2 Å². The molecule has 0 spiro atoms. The number of nitriles is 1. The predicted molar refractivity (Wildman–Crippen MR) is 100 cm³/mol. The Labute approximate surface area is 156 Å². The van der Waals surface area contributed by atoms with Gasteiger partial charge in [-0.3, -0.25) is 4.79 Å². The number of rotatable bonds is 7. The van der Waals surface area contributed by atoms with Gasteiger partial charge in [0, 0.05) is 11.9 Å². The van der Waals surface area contributed by atoms with Crippen molar-refractivity contribution in [1.82, 2.24) is 5.32 Å². The molecule has 0 saturated heterocycles. The lowest BCUT2D eigenvalue weighted by atomic mass is 10.1. The topological polar surface area (TPSA) is 111 Å². The monoisotopic (exact) mass is 365 g/mol. The zero-order valence-corrected chi connectivity index (χ0v) is 14.9. The average molecular weight is 365 g/mol. The molecule has 0 aliphatic carbocycles. The Balaban J connectivity index is 2.06. The molecule has 0 heterocycles. The molecule has 138 valence electrons. The van der Waals surface area contributed by atoms with Crippen molar-refractivity contribution in [1.29, 1.82) is 5.26 Å². The molecule has 0 radical (unpaired) electrons. The molecule has 0 bridgehead atoms. The number of carboxylic acid groups (broad SMARTS) is 1. The van der Waals surface area contributed by atoms with Crippen LogP contribution < -0.4 is 15.4 Å². The molecule has 0 aliphatic heterocycles. The molecule has 2 aromatic rings. The predicted octanol–water partition coefficient (Wildman–Crippen LogP) is 3.09. The summed E-state index contributed by atoms with van der Waals surface area (Å²) in [5.74, 6) is -0.889. The summed E-state index contributed by atoms with van der Waals surface area (Å²) in [6.45, 7) is 1.80. The van der Waals surface area contributed by atoms with Gasteiger partial charge >= 0.3 is 5.97 Å². The molecular formula is C20H19N3O4. The minimum absolute atomic E-state index is 0.101. The molecule has 0 aromatic heterocycles. The van der Waals surface area contributed by atoms with Crippen LogP contribution in [0.15, 0.2) is 60.3 Å².